The van der Waals surface area contributed by atoms with Gasteiger partial charge in [-0.2, -0.15) is 0 Å². The summed E-state index contributed by atoms with van der Waals surface area (Å²) < 4.78 is 15.0. The van der Waals surface area contributed by atoms with Crippen molar-refractivity contribution in [3.63, 3.8) is 0 Å². The number of carbonyl (C=O) groups is 2. The van der Waals surface area contributed by atoms with Gasteiger partial charge in [-0.15, -0.1) is 0 Å². The number of nitrogens with zero attached hydrogens (tertiary/aromatic N) is 5. The maximum Gasteiger partial charge on any atom is 0.342 e. The van der Waals surface area contributed by atoms with Crippen molar-refractivity contribution in [2.75, 3.05) is 13.2 Å². The van der Waals surface area contributed by atoms with Crippen molar-refractivity contribution in [1.82, 2.24) is 34.4 Å². The quantitative estimate of drug-likeness (QED) is 0.166. The van der Waals surface area contributed by atoms with E-state index in [-0.39, 0.29) is 31.1 Å². The minimum atomic E-state index is -0.446. The maximum absolute atomic E-state index is 13.0. The number of imidazole rings is 3. The first-order chi connectivity index (χ1) is 21.3. The number of aromatic nitrogens is 6. The molecule has 3 aromatic carbocycles. The monoisotopic (exact) mass is 591 g/mol. The van der Waals surface area contributed by atoms with Crippen LogP contribution >= 0.6 is 0 Å². The van der Waals surface area contributed by atoms with Gasteiger partial charge in [0.05, 0.1) is 47.0 Å². The van der Waals surface area contributed by atoms with Crippen LogP contribution in [0.3, 0.4) is 0 Å². The zero-order chi connectivity index (χ0) is 30.8. The predicted octanol–water partition coefficient (Wildman–Crippen LogP) is 5.16. The Labute approximate surface area is 253 Å². The van der Waals surface area contributed by atoms with Crippen LogP contribution in [0, 0.1) is 0 Å². The van der Waals surface area contributed by atoms with Gasteiger partial charge in [0.2, 0.25) is 0 Å². The number of para-hydroxylation sites is 1. The van der Waals surface area contributed by atoms with E-state index < -0.39 is 5.97 Å². The molecule has 0 aliphatic rings. The minimum Gasteiger partial charge on any atom is -0.491 e. The number of carbonyl (C=O) groups excluding carboxylic acids is 2. The highest BCUT2D eigenvalue weighted by Gasteiger charge is 2.21. The van der Waals surface area contributed by atoms with E-state index >= 15 is 0 Å². The molecular weight excluding hydrogens is 558 g/mol. The zero-order valence-corrected chi connectivity index (χ0v) is 24.9. The average Bonchev–Trinajstić information content (AvgIpc) is 3.77. The van der Waals surface area contributed by atoms with Crippen LogP contribution in [0.5, 0.6) is 5.75 Å². The van der Waals surface area contributed by atoms with E-state index in [1.165, 1.54) is 0 Å². The van der Waals surface area contributed by atoms with Crippen molar-refractivity contribution in [2.45, 2.75) is 32.8 Å². The van der Waals surface area contributed by atoms with E-state index in [0.717, 1.165) is 39.4 Å². The molecule has 0 radical (unpaired) electrons. The molecule has 6 aromatic rings. The molecule has 3 aromatic heterocycles. The number of fused-ring (bicyclic) bond motifs is 2. The Morgan fingerprint density at radius 1 is 1.00 bits per heavy atom. The van der Waals surface area contributed by atoms with E-state index in [1.54, 1.807) is 56.7 Å². The molecule has 11 heteroatoms. The number of hydrogen-bond acceptors (Lipinski definition) is 7. The van der Waals surface area contributed by atoms with Crippen molar-refractivity contribution in [2.24, 2.45) is 7.05 Å². The van der Waals surface area contributed by atoms with Crippen LogP contribution in [0.2, 0.25) is 0 Å². The summed E-state index contributed by atoms with van der Waals surface area (Å²) in [6.07, 6.45) is 5.16. The van der Waals surface area contributed by atoms with Gasteiger partial charge in [0.15, 0.2) is 0 Å². The lowest BCUT2D eigenvalue weighted by Crippen LogP contribution is -2.28. The molecule has 0 aliphatic heterocycles. The maximum atomic E-state index is 13.0. The second kappa shape index (κ2) is 12.0. The lowest BCUT2D eigenvalue weighted by molar-refractivity contribution is 0.0373. The Hall–Kier alpha value is -5.45. The van der Waals surface area contributed by atoms with Gasteiger partial charge in [-0.05, 0) is 69.3 Å². The first-order valence-electron chi connectivity index (χ1n) is 14.4. The third-order valence-corrected chi connectivity index (χ3v) is 7.36. The normalized spacial score (nSPS) is 12.1. The second-order valence-corrected chi connectivity index (χ2v) is 10.8. The fourth-order valence-corrected chi connectivity index (χ4v) is 5.12. The van der Waals surface area contributed by atoms with Crippen LogP contribution in [0.15, 0.2) is 79.4 Å². The van der Waals surface area contributed by atoms with E-state index in [4.69, 9.17) is 19.4 Å². The van der Waals surface area contributed by atoms with Crippen molar-refractivity contribution >= 4 is 33.9 Å². The molecule has 0 saturated carbocycles. The Balaban J connectivity index is 1.13. The van der Waals surface area contributed by atoms with E-state index in [0.29, 0.717) is 16.9 Å². The van der Waals surface area contributed by atoms with Crippen molar-refractivity contribution in [1.29, 1.82) is 0 Å². The van der Waals surface area contributed by atoms with Crippen LogP contribution in [-0.4, -0.2) is 60.2 Å². The molecule has 1 atom stereocenters. The SMILES string of the molecule is CC(C)OC(=O)c1ccccc1OCCNC(=O)c1ccc2nc(C(C)c3nc4cc(-n5ccnc5)ccc4[nH]3)n(C)c2c1. The molecule has 3 heterocycles. The van der Waals surface area contributed by atoms with Crippen LogP contribution in [0.4, 0.5) is 0 Å². The summed E-state index contributed by atoms with van der Waals surface area (Å²) in [5.74, 6) is 1.25. The number of H-pyrrole nitrogens is 1. The molecule has 0 bridgehead atoms. The molecule has 2 N–H and O–H groups in total. The summed E-state index contributed by atoms with van der Waals surface area (Å²) in [5.41, 5.74) is 5.27. The molecule has 0 fully saturated rings. The Bertz CT molecular complexity index is 1960. The number of aryl methyl sites for hydroxylation is 1. The standard InChI is InChI=1S/C33H33N7O4/c1-20(2)44-33(42)24-7-5-6-8-29(24)43-16-14-35-32(41)22-9-11-26-28(17-22)39(4)31(38-26)21(3)30-36-25-12-10-23(18-27(25)37-30)40-15-13-34-19-40/h5-13,15,17-21H,14,16H2,1-4H3,(H,35,41)(H,36,37). The number of amides is 1. The molecule has 6 rings (SSSR count). The number of aromatic amines is 1. The fourth-order valence-electron chi connectivity index (χ4n) is 5.12. The van der Waals surface area contributed by atoms with Gasteiger partial charge in [-0.25, -0.2) is 19.7 Å². The number of esters is 1. The zero-order valence-electron chi connectivity index (χ0n) is 24.9. The molecular formula is C33H33N7O4. The summed E-state index contributed by atoms with van der Waals surface area (Å²) in [6, 6.07) is 18.4. The number of hydrogen-bond donors (Lipinski definition) is 2. The van der Waals surface area contributed by atoms with E-state index in [2.05, 4.69) is 22.2 Å². The smallest absolute Gasteiger partial charge is 0.342 e. The predicted molar refractivity (Wildman–Crippen MR) is 166 cm³/mol. The van der Waals surface area contributed by atoms with Crippen LogP contribution in [0.25, 0.3) is 27.8 Å². The third-order valence-electron chi connectivity index (χ3n) is 7.36. The van der Waals surface area contributed by atoms with Crippen LogP contribution in [0.1, 0.15) is 59.1 Å². The van der Waals surface area contributed by atoms with Gasteiger partial charge in [0.25, 0.3) is 5.91 Å². The van der Waals surface area contributed by atoms with Gasteiger partial charge in [-0.3, -0.25) is 4.79 Å². The van der Waals surface area contributed by atoms with Crippen LogP contribution < -0.4 is 10.1 Å². The summed E-state index contributed by atoms with van der Waals surface area (Å²) in [7, 11) is 1.94. The highest BCUT2D eigenvalue weighted by molar-refractivity contribution is 5.97. The van der Waals surface area contributed by atoms with Crippen molar-refractivity contribution < 1.29 is 19.1 Å². The summed E-state index contributed by atoms with van der Waals surface area (Å²) >= 11 is 0. The number of benzene rings is 3. The topological polar surface area (TPSA) is 129 Å². The van der Waals surface area contributed by atoms with E-state index in [1.807, 2.05) is 52.7 Å². The van der Waals surface area contributed by atoms with Crippen molar-refractivity contribution in [3.8, 4) is 11.4 Å². The molecule has 44 heavy (non-hydrogen) atoms. The number of rotatable bonds is 10. The highest BCUT2D eigenvalue weighted by Crippen LogP contribution is 2.28. The first kappa shape index (κ1) is 28.7. The Kier molecular flexibility index (Phi) is 7.84. The Morgan fingerprint density at radius 3 is 2.64 bits per heavy atom. The van der Waals surface area contributed by atoms with Crippen molar-refractivity contribution in [3.05, 3.63) is 102 Å². The van der Waals surface area contributed by atoms with Crippen LogP contribution in [-0.2, 0) is 11.8 Å². The molecule has 1 unspecified atom stereocenters. The fraction of sp³-hybridized carbons (Fsp3) is 0.242. The lowest BCUT2D eigenvalue weighted by atomic mass is 10.1. The van der Waals surface area contributed by atoms with Gasteiger partial charge in [0, 0.05) is 30.7 Å². The minimum absolute atomic E-state index is 0.119. The number of nitrogens with one attached hydrogen (secondary N) is 2. The molecule has 0 aliphatic carbocycles. The largest absolute Gasteiger partial charge is 0.491 e. The summed E-state index contributed by atoms with van der Waals surface area (Å²) in [6.45, 7) is 6.09. The third kappa shape index (κ3) is 5.76. The van der Waals surface area contributed by atoms with Gasteiger partial charge in [-0.1, -0.05) is 12.1 Å². The Morgan fingerprint density at radius 2 is 1.84 bits per heavy atom. The first-order valence-corrected chi connectivity index (χ1v) is 14.4. The van der Waals surface area contributed by atoms with Gasteiger partial charge in [0.1, 0.15) is 29.6 Å². The molecule has 0 saturated heterocycles. The van der Waals surface area contributed by atoms with Gasteiger partial charge < -0.3 is 28.9 Å². The molecule has 0 spiro atoms. The molecule has 1 amide bonds. The molecule has 11 nitrogen and oxygen atoms in total. The number of ether oxygens (including phenoxy) is 2. The average molecular weight is 592 g/mol. The molecule has 224 valence electrons. The second-order valence-electron chi connectivity index (χ2n) is 10.8. The lowest BCUT2D eigenvalue weighted by Gasteiger charge is -2.13. The summed E-state index contributed by atoms with van der Waals surface area (Å²) in [5, 5.41) is 2.89. The van der Waals surface area contributed by atoms with Gasteiger partial charge >= 0.3 is 5.97 Å². The summed E-state index contributed by atoms with van der Waals surface area (Å²) in [4.78, 5) is 42.6. The highest BCUT2D eigenvalue weighted by atomic mass is 16.5. The van der Waals surface area contributed by atoms with E-state index in [9.17, 15) is 9.59 Å².